The highest BCUT2D eigenvalue weighted by molar-refractivity contribution is 7.16. The second kappa shape index (κ2) is 6.78. The highest BCUT2D eigenvalue weighted by Crippen LogP contribution is 2.53. The van der Waals surface area contributed by atoms with Crippen molar-refractivity contribution in [2.24, 2.45) is 7.05 Å². The summed E-state index contributed by atoms with van der Waals surface area (Å²) in [5.74, 6) is -2.17. The molecule has 3 atom stereocenters. The summed E-state index contributed by atoms with van der Waals surface area (Å²) >= 11 is 7.29. The third kappa shape index (κ3) is 3.34. The third-order valence-electron chi connectivity index (χ3n) is 5.29. The summed E-state index contributed by atoms with van der Waals surface area (Å²) in [5.41, 5.74) is -0.391. The number of piperidine rings is 1. The molecule has 1 spiro atoms. The van der Waals surface area contributed by atoms with Gasteiger partial charge in [0, 0.05) is 36.4 Å². The van der Waals surface area contributed by atoms with Gasteiger partial charge in [0.2, 0.25) is 0 Å². The average molecular weight is 449 g/mol. The summed E-state index contributed by atoms with van der Waals surface area (Å²) in [6.07, 6.45) is -3.44. The van der Waals surface area contributed by atoms with E-state index in [9.17, 15) is 22.8 Å². The molecule has 4 rings (SSSR count). The number of nitrogens with zero attached hydrogens (tertiary/aromatic N) is 4. The quantitative estimate of drug-likeness (QED) is 0.669. The average Bonchev–Trinajstić information content (AvgIpc) is 3.23. The lowest BCUT2D eigenvalue weighted by molar-refractivity contribution is -0.200. The maximum absolute atomic E-state index is 13.3. The summed E-state index contributed by atoms with van der Waals surface area (Å²) < 4.78 is 47.6. The molecule has 12 heteroatoms. The smallest absolute Gasteiger partial charge is 0.361 e. The number of hydrogen-bond donors (Lipinski definition) is 0. The zero-order valence-corrected chi connectivity index (χ0v) is 16.9. The fourth-order valence-electron chi connectivity index (χ4n) is 4.19. The van der Waals surface area contributed by atoms with E-state index >= 15 is 0 Å². The van der Waals surface area contributed by atoms with Crippen LogP contribution in [-0.4, -0.2) is 50.4 Å². The van der Waals surface area contributed by atoms with Crippen LogP contribution in [0.15, 0.2) is 12.3 Å². The molecule has 4 heterocycles. The Labute approximate surface area is 172 Å². The van der Waals surface area contributed by atoms with Crippen LogP contribution in [0, 0.1) is 0 Å². The van der Waals surface area contributed by atoms with Crippen molar-refractivity contribution in [3.8, 4) is 0 Å². The van der Waals surface area contributed by atoms with Gasteiger partial charge in [0.05, 0.1) is 16.6 Å². The number of amides is 1. The molecule has 2 aliphatic heterocycles. The lowest BCUT2D eigenvalue weighted by Gasteiger charge is -2.50. The van der Waals surface area contributed by atoms with Crippen LogP contribution >= 0.6 is 22.9 Å². The maximum atomic E-state index is 13.3. The van der Waals surface area contributed by atoms with E-state index in [0.717, 1.165) is 4.90 Å². The summed E-state index contributed by atoms with van der Waals surface area (Å²) in [4.78, 5) is 25.9. The fourth-order valence-corrected chi connectivity index (χ4v) is 5.59. The van der Waals surface area contributed by atoms with Gasteiger partial charge in [-0.2, -0.15) is 13.2 Å². The molecule has 2 aliphatic rings. The predicted octanol–water partition coefficient (Wildman–Crippen LogP) is 3.25. The zero-order valence-electron chi connectivity index (χ0n) is 15.4. The number of ketones is 1. The van der Waals surface area contributed by atoms with E-state index in [-0.39, 0.29) is 30.9 Å². The van der Waals surface area contributed by atoms with E-state index in [1.807, 2.05) is 0 Å². The number of carbonyl (C=O) groups is 2. The molecule has 0 bridgehead atoms. The Bertz CT molecular complexity index is 991. The molecule has 2 aromatic rings. The van der Waals surface area contributed by atoms with Crippen molar-refractivity contribution in [3.05, 3.63) is 32.7 Å². The lowest BCUT2D eigenvalue weighted by Crippen LogP contribution is -2.56. The van der Waals surface area contributed by atoms with Gasteiger partial charge >= 0.3 is 12.1 Å². The molecule has 1 fully saturated rings. The van der Waals surface area contributed by atoms with Crippen molar-refractivity contribution >= 4 is 34.6 Å². The molecule has 29 heavy (non-hydrogen) atoms. The number of Topliss-reactive ketones (excluding diaryl/α,β-unsaturated/α-hetero) is 1. The van der Waals surface area contributed by atoms with Crippen LogP contribution in [0.3, 0.4) is 0 Å². The molecular weight excluding hydrogens is 433 g/mol. The van der Waals surface area contributed by atoms with Crippen LogP contribution in [0.5, 0.6) is 0 Å². The van der Waals surface area contributed by atoms with Gasteiger partial charge in [-0.1, -0.05) is 16.8 Å². The first kappa shape index (κ1) is 20.3. The number of ether oxygens (including phenoxy) is 1. The van der Waals surface area contributed by atoms with Crippen molar-refractivity contribution in [2.45, 2.75) is 43.6 Å². The minimum atomic E-state index is -5.03. The monoisotopic (exact) mass is 448 g/mol. The second-order valence-electron chi connectivity index (χ2n) is 7.30. The largest absolute Gasteiger partial charge is 0.471 e. The standard InChI is InChI=1S/C17H16ClF3N4O3S/c1-8-4-16(14-9(3-13(18)29-14)12(26)7-28-16)5-11(10-6-24(2)23-22-10)25(8)15(27)17(19,20)21/h3,6,8,11H,4-5,7H2,1-2H3/t8-,11-,16-/m0/s1. The highest BCUT2D eigenvalue weighted by Gasteiger charge is 2.56. The minimum absolute atomic E-state index is 0.00890. The molecule has 1 saturated heterocycles. The molecule has 0 saturated carbocycles. The van der Waals surface area contributed by atoms with Gasteiger partial charge in [-0.25, -0.2) is 0 Å². The third-order valence-corrected chi connectivity index (χ3v) is 6.74. The first-order chi connectivity index (χ1) is 13.5. The summed E-state index contributed by atoms with van der Waals surface area (Å²) in [6, 6.07) is -0.293. The van der Waals surface area contributed by atoms with E-state index in [0.29, 0.717) is 14.8 Å². The molecule has 1 amide bonds. The Morgan fingerprint density at radius 2 is 2.14 bits per heavy atom. The van der Waals surface area contributed by atoms with Crippen LogP contribution in [0.1, 0.15) is 46.7 Å². The van der Waals surface area contributed by atoms with Crippen LogP contribution in [-0.2, 0) is 22.2 Å². The second-order valence-corrected chi connectivity index (χ2v) is 8.98. The molecular formula is C17H16ClF3N4O3S. The molecule has 0 N–H and O–H groups in total. The Balaban J connectivity index is 1.82. The number of alkyl halides is 3. The molecule has 2 aromatic heterocycles. The molecule has 0 aliphatic carbocycles. The van der Waals surface area contributed by atoms with Gasteiger partial charge in [-0.15, -0.1) is 16.4 Å². The van der Waals surface area contributed by atoms with E-state index in [2.05, 4.69) is 10.3 Å². The fraction of sp³-hybridized carbons (Fsp3) is 0.529. The number of fused-ring (bicyclic) bond motifs is 2. The number of halogens is 4. The van der Waals surface area contributed by atoms with Gasteiger partial charge in [0.25, 0.3) is 0 Å². The van der Waals surface area contributed by atoms with Gasteiger partial charge in [-0.05, 0) is 13.0 Å². The van der Waals surface area contributed by atoms with Gasteiger partial charge in [-0.3, -0.25) is 14.3 Å². The normalized spacial score (nSPS) is 27.4. The van der Waals surface area contributed by atoms with E-state index in [1.165, 1.54) is 29.1 Å². The number of rotatable bonds is 1. The van der Waals surface area contributed by atoms with Gasteiger partial charge < -0.3 is 9.64 Å². The van der Waals surface area contributed by atoms with Crippen molar-refractivity contribution in [3.63, 3.8) is 0 Å². The Morgan fingerprint density at radius 1 is 1.41 bits per heavy atom. The van der Waals surface area contributed by atoms with Crippen molar-refractivity contribution in [1.29, 1.82) is 0 Å². The molecule has 156 valence electrons. The van der Waals surface area contributed by atoms with Gasteiger partial charge in [0.15, 0.2) is 5.78 Å². The summed E-state index contributed by atoms with van der Waals surface area (Å²) in [5, 5.41) is 7.75. The number of carbonyl (C=O) groups excluding carboxylic acids is 2. The number of thiophene rings is 1. The predicted molar refractivity (Wildman–Crippen MR) is 96.6 cm³/mol. The topological polar surface area (TPSA) is 77.3 Å². The summed E-state index contributed by atoms with van der Waals surface area (Å²) in [6.45, 7) is 1.33. The minimum Gasteiger partial charge on any atom is -0.361 e. The Hall–Kier alpha value is -1.98. The molecule has 0 radical (unpaired) electrons. The maximum Gasteiger partial charge on any atom is 0.471 e. The van der Waals surface area contributed by atoms with Crippen molar-refractivity contribution in [2.75, 3.05) is 6.61 Å². The Morgan fingerprint density at radius 3 is 2.76 bits per heavy atom. The number of aromatic nitrogens is 3. The molecule has 0 unspecified atom stereocenters. The SMILES string of the molecule is C[C@H]1C[C@@]2(C[C@@H](c3cn(C)nn3)N1C(=O)C(F)(F)F)OCC(=O)c1cc(Cl)sc12. The molecule has 7 nitrogen and oxygen atoms in total. The van der Waals surface area contributed by atoms with Crippen LogP contribution in [0.25, 0.3) is 0 Å². The first-order valence-corrected chi connectivity index (χ1v) is 9.94. The van der Waals surface area contributed by atoms with Crippen molar-refractivity contribution < 1.29 is 27.5 Å². The van der Waals surface area contributed by atoms with E-state index in [1.54, 1.807) is 13.1 Å². The van der Waals surface area contributed by atoms with Gasteiger partial charge in [0.1, 0.15) is 17.9 Å². The number of aryl methyl sites for hydroxylation is 1. The number of likely N-dealkylation sites (tertiary alicyclic amines) is 1. The lowest BCUT2D eigenvalue weighted by atomic mass is 9.77. The molecule has 0 aromatic carbocycles. The van der Waals surface area contributed by atoms with Crippen LogP contribution < -0.4 is 0 Å². The zero-order chi connectivity index (χ0) is 21.1. The van der Waals surface area contributed by atoms with E-state index < -0.39 is 29.8 Å². The Kier molecular flexibility index (Phi) is 4.74. The van der Waals surface area contributed by atoms with E-state index in [4.69, 9.17) is 16.3 Å². The van der Waals surface area contributed by atoms with Crippen LogP contribution in [0.4, 0.5) is 13.2 Å². The van der Waals surface area contributed by atoms with Crippen LogP contribution in [0.2, 0.25) is 4.34 Å². The number of hydrogen-bond acceptors (Lipinski definition) is 6. The first-order valence-electron chi connectivity index (χ1n) is 8.74. The van der Waals surface area contributed by atoms with Crippen molar-refractivity contribution in [1.82, 2.24) is 19.9 Å². The summed E-state index contributed by atoms with van der Waals surface area (Å²) in [7, 11) is 1.58. The highest BCUT2D eigenvalue weighted by atomic mass is 35.5.